The van der Waals surface area contributed by atoms with Crippen LogP contribution in [0.5, 0.6) is 5.75 Å². The zero-order valence-corrected chi connectivity index (χ0v) is 15.0. The second kappa shape index (κ2) is 7.29. The van der Waals surface area contributed by atoms with E-state index >= 15 is 0 Å². The van der Waals surface area contributed by atoms with Crippen molar-refractivity contribution in [3.63, 3.8) is 0 Å². The number of anilines is 1. The van der Waals surface area contributed by atoms with Crippen molar-refractivity contribution in [1.29, 1.82) is 0 Å². The van der Waals surface area contributed by atoms with E-state index in [1.807, 2.05) is 0 Å². The molecule has 0 aliphatic rings. The van der Waals surface area contributed by atoms with E-state index < -0.39 is 16.0 Å². The van der Waals surface area contributed by atoms with Crippen LogP contribution in [0.3, 0.4) is 0 Å². The Kier molecular flexibility index (Phi) is 5.58. The molecule has 9 heteroatoms. The molecule has 2 aromatic carbocycles. The highest BCUT2D eigenvalue weighted by molar-refractivity contribution is 7.92. The summed E-state index contributed by atoms with van der Waals surface area (Å²) in [4.78, 5) is 11.4. The fourth-order valence-electron chi connectivity index (χ4n) is 1.92. The highest BCUT2D eigenvalue weighted by atomic mass is 35.5. The van der Waals surface area contributed by atoms with Crippen molar-refractivity contribution in [3.05, 3.63) is 52.0 Å². The molecule has 0 saturated carbocycles. The zero-order valence-electron chi connectivity index (χ0n) is 12.7. The van der Waals surface area contributed by atoms with Crippen LogP contribution < -0.4 is 9.46 Å². The summed E-state index contributed by atoms with van der Waals surface area (Å²) < 4.78 is 37.2. The van der Waals surface area contributed by atoms with Crippen LogP contribution in [-0.4, -0.2) is 28.6 Å². The minimum absolute atomic E-state index is 0.00925. The van der Waals surface area contributed by atoms with Crippen molar-refractivity contribution >= 4 is 44.9 Å². The maximum Gasteiger partial charge on any atom is 0.337 e. The molecule has 0 aromatic heterocycles. The fourth-order valence-corrected chi connectivity index (χ4v) is 3.74. The van der Waals surface area contributed by atoms with E-state index in [0.29, 0.717) is 0 Å². The predicted molar refractivity (Wildman–Crippen MR) is 91.6 cm³/mol. The van der Waals surface area contributed by atoms with E-state index in [4.69, 9.17) is 27.9 Å². The lowest BCUT2D eigenvalue weighted by atomic mass is 10.2. The summed E-state index contributed by atoms with van der Waals surface area (Å²) in [7, 11) is -1.45. The van der Waals surface area contributed by atoms with Gasteiger partial charge in [-0.25, -0.2) is 13.2 Å². The van der Waals surface area contributed by atoms with Gasteiger partial charge in [-0.15, -0.1) is 0 Å². The standard InChI is InChI=1S/C15H13Cl2NO5S/c1-22-13-6-3-9(15(19)23-2)7-12(13)18-24(20,21)14-8-10(16)4-5-11(14)17/h3-8,18H,1-2H3. The highest BCUT2D eigenvalue weighted by Crippen LogP contribution is 2.31. The van der Waals surface area contributed by atoms with Gasteiger partial charge >= 0.3 is 5.97 Å². The SMILES string of the molecule is COC(=O)c1ccc(OC)c(NS(=O)(=O)c2cc(Cl)ccc2Cl)c1. The number of ether oxygens (including phenoxy) is 2. The van der Waals surface area contributed by atoms with Gasteiger partial charge in [-0.3, -0.25) is 4.72 Å². The molecule has 0 spiro atoms. The van der Waals surface area contributed by atoms with Gasteiger partial charge in [-0.1, -0.05) is 23.2 Å². The molecule has 24 heavy (non-hydrogen) atoms. The van der Waals surface area contributed by atoms with Crippen molar-refractivity contribution in [2.45, 2.75) is 4.90 Å². The van der Waals surface area contributed by atoms with E-state index in [0.717, 1.165) is 0 Å². The van der Waals surface area contributed by atoms with Gasteiger partial charge in [0.25, 0.3) is 10.0 Å². The topological polar surface area (TPSA) is 81.7 Å². The van der Waals surface area contributed by atoms with Gasteiger partial charge in [0.2, 0.25) is 0 Å². The number of methoxy groups -OCH3 is 2. The van der Waals surface area contributed by atoms with E-state index in [9.17, 15) is 13.2 Å². The largest absolute Gasteiger partial charge is 0.495 e. The molecule has 1 N–H and O–H groups in total. The van der Waals surface area contributed by atoms with Gasteiger partial charge in [-0.2, -0.15) is 0 Å². The van der Waals surface area contributed by atoms with E-state index in [1.165, 1.54) is 50.6 Å². The van der Waals surface area contributed by atoms with Gasteiger partial charge in [-0.05, 0) is 36.4 Å². The molecule has 0 bridgehead atoms. The Bertz CT molecular complexity index is 883. The number of rotatable bonds is 5. The second-order valence-electron chi connectivity index (χ2n) is 4.59. The molecule has 0 radical (unpaired) electrons. The predicted octanol–water partition coefficient (Wildman–Crippen LogP) is 3.59. The summed E-state index contributed by atoms with van der Waals surface area (Å²) >= 11 is 11.8. The number of hydrogen-bond acceptors (Lipinski definition) is 5. The Hall–Kier alpha value is -1.96. The number of carbonyl (C=O) groups is 1. The Morgan fingerprint density at radius 3 is 2.42 bits per heavy atom. The second-order valence-corrected chi connectivity index (χ2v) is 7.08. The van der Waals surface area contributed by atoms with Crippen LogP contribution in [0, 0.1) is 0 Å². The summed E-state index contributed by atoms with van der Waals surface area (Å²) in [5, 5.41) is 0.227. The number of benzene rings is 2. The number of esters is 1. The van der Waals surface area contributed by atoms with Crippen molar-refractivity contribution in [3.8, 4) is 5.75 Å². The van der Waals surface area contributed by atoms with Crippen LogP contribution in [0.15, 0.2) is 41.3 Å². The molecule has 2 aromatic rings. The van der Waals surface area contributed by atoms with Crippen molar-refractivity contribution in [1.82, 2.24) is 0 Å². The maximum absolute atomic E-state index is 12.6. The molecule has 2 rings (SSSR count). The van der Waals surface area contributed by atoms with Crippen LogP contribution >= 0.6 is 23.2 Å². The molecule has 0 amide bonds. The van der Waals surface area contributed by atoms with Gasteiger partial charge in [0.15, 0.2) is 0 Å². The average Bonchev–Trinajstić information content (AvgIpc) is 2.55. The molecule has 6 nitrogen and oxygen atoms in total. The molecular weight excluding hydrogens is 377 g/mol. The number of sulfonamides is 1. The molecule has 0 fully saturated rings. The minimum Gasteiger partial charge on any atom is -0.495 e. The lowest BCUT2D eigenvalue weighted by Gasteiger charge is -2.14. The van der Waals surface area contributed by atoms with Crippen LogP contribution in [0.4, 0.5) is 5.69 Å². The summed E-state index contributed by atoms with van der Waals surface area (Å²) in [6.45, 7) is 0. The zero-order chi connectivity index (χ0) is 17.9. The van der Waals surface area contributed by atoms with Crippen molar-refractivity contribution in [2.24, 2.45) is 0 Å². The highest BCUT2D eigenvalue weighted by Gasteiger charge is 2.21. The van der Waals surface area contributed by atoms with Crippen molar-refractivity contribution in [2.75, 3.05) is 18.9 Å². The quantitative estimate of drug-likeness (QED) is 0.790. The third kappa shape index (κ3) is 3.92. The van der Waals surface area contributed by atoms with Gasteiger partial charge in [0, 0.05) is 5.02 Å². The average molecular weight is 390 g/mol. The first kappa shape index (κ1) is 18.4. The first-order chi connectivity index (χ1) is 11.3. The number of hydrogen-bond donors (Lipinski definition) is 1. The molecule has 0 heterocycles. The molecule has 0 aliphatic carbocycles. The van der Waals surface area contributed by atoms with Crippen LogP contribution in [-0.2, 0) is 14.8 Å². The van der Waals surface area contributed by atoms with Crippen LogP contribution in [0.25, 0.3) is 0 Å². The molecule has 128 valence electrons. The molecule has 0 saturated heterocycles. The lowest BCUT2D eigenvalue weighted by molar-refractivity contribution is 0.0600. The normalized spacial score (nSPS) is 11.0. The Morgan fingerprint density at radius 2 is 1.79 bits per heavy atom. The minimum atomic E-state index is -4.05. The first-order valence-corrected chi connectivity index (χ1v) is 8.76. The maximum atomic E-state index is 12.6. The van der Waals surface area contributed by atoms with Gasteiger partial charge in [0.05, 0.1) is 30.5 Å². The monoisotopic (exact) mass is 389 g/mol. The number of nitrogens with one attached hydrogen (secondary N) is 1. The molecule has 0 aliphatic heterocycles. The lowest BCUT2D eigenvalue weighted by Crippen LogP contribution is -2.15. The summed E-state index contributed by atoms with van der Waals surface area (Å²) in [6.07, 6.45) is 0. The summed E-state index contributed by atoms with van der Waals surface area (Å²) in [5.41, 5.74) is 0.227. The van der Waals surface area contributed by atoms with Gasteiger partial charge in [0.1, 0.15) is 10.6 Å². The van der Waals surface area contributed by atoms with E-state index in [-0.39, 0.29) is 31.9 Å². The summed E-state index contributed by atoms with van der Waals surface area (Å²) in [5.74, 6) is -0.386. The summed E-state index contributed by atoms with van der Waals surface area (Å²) in [6, 6.07) is 8.28. The molecule has 0 atom stereocenters. The number of carbonyl (C=O) groups excluding carboxylic acids is 1. The first-order valence-electron chi connectivity index (χ1n) is 6.52. The molecule has 0 unspecified atom stereocenters. The van der Waals surface area contributed by atoms with Gasteiger partial charge < -0.3 is 9.47 Å². The van der Waals surface area contributed by atoms with Crippen LogP contribution in [0.2, 0.25) is 10.0 Å². The van der Waals surface area contributed by atoms with Crippen LogP contribution in [0.1, 0.15) is 10.4 Å². The Balaban J connectivity index is 2.48. The fraction of sp³-hybridized carbons (Fsp3) is 0.133. The third-order valence-electron chi connectivity index (χ3n) is 3.05. The van der Waals surface area contributed by atoms with E-state index in [2.05, 4.69) is 9.46 Å². The van der Waals surface area contributed by atoms with Crippen molar-refractivity contribution < 1.29 is 22.7 Å². The smallest absolute Gasteiger partial charge is 0.337 e. The Labute approximate surface area is 149 Å². The third-order valence-corrected chi connectivity index (χ3v) is 5.13. The number of halogens is 2. The molecular formula is C15H13Cl2NO5S. The van der Waals surface area contributed by atoms with E-state index in [1.54, 1.807) is 0 Å². The Morgan fingerprint density at radius 1 is 1.08 bits per heavy atom.